The minimum atomic E-state index is -0.607. The van der Waals surface area contributed by atoms with Crippen LogP contribution in [0.2, 0.25) is 0 Å². The third-order valence-electron chi connectivity index (χ3n) is 2.10. The van der Waals surface area contributed by atoms with E-state index < -0.39 is 11.6 Å². The minimum Gasteiger partial charge on any atom is -0.469 e. The molecule has 2 aromatic rings. The Balaban J connectivity index is 2.50. The van der Waals surface area contributed by atoms with E-state index in [0.29, 0.717) is 11.1 Å². The molecule has 0 aliphatic rings. The van der Waals surface area contributed by atoms with Crippen LogP contribution in [-0.4, -0.2) is 18.1 Å². The normalized spacial score (nSPS) is 10.3. The summed E-state index contributed by atoms with van der Waals surface area (Å²) >= 11 is 0. The first-order valence-electron chi connectivity index (χ1n) is 4.66. The lowest BCUT2D eigenvalue weighted by Gasteiger charge is -1.99. The van der Waals surface area contributed by atoms with Crippen molar-refractivity contribution in [3.05, 3.63) is 40.4 Å². The molecule has 0 bridgehead atoms. The number of nitrogens with zero attached hydrogens (tertiary/aromatic N) is 1. The number of carbonyl (C=O) groups is 1. The number of para-hydroxylation sites is 2. The molecule has 1 aromatic carbocycles. The van der Waals surface area contributed by atoms with E-state index in [1.165, 1.54) is 7.11 Å². The Morgan fingerprint density at radius 2 is 2.19 bits per heavy atom. The summed E-state index contributed by atoms with van der Waals surface area (Å²) in [5.41, 5.74) is 0.400. The van der Waals surface area contributed by atoms with Gasteiger partial charge in [0, 0.05) is 0 Å². The van der Waals surface area contributed by atoms with Crippen molar-refractivity contribution in [1.82, 2.24) is 4.98 Å². The van der Waals surface area contributed by atoms with Gasteiger partial charge in [-0.1, -0.05) is 12.1 Å². The topological polar surface area (TPSA) is 69.4 Å². The van der Waals surface area contributed by atoms with E-state index >= 15 is 0 Å². The van der Waals surface area contributed by atoms with Crippen LogP contribution in [0.1, 0.15) is 5.69 Å². The molecule has 0 unspecified atom stereocenters. The van der Waals surface area contributed by atoms with E-state index in [2.05, 4.69) is 9.72 Å². The lowest BCUT2D eigenvalue weighted by atomic mass is 10.3. The fraction of sp³-hybridized carbons (Fsp3) is 0.182. The molecule has 16 heavy (non-hydrogen) atoms. The lowest BCUT2D eigenvalue weighted by molar-refractivity contribution is -0.139. The first-order valence-corrected chi connectivity index (χ1v) is 4.66. The molecule has 5 nitrogen and oxygen atoms in total. The van der Waals surface area contributed by atoms with Gasteiger partial charge in [0.05, 0.1) is 13.5 Å². The van der Waals surface area contributed by atoms with Crippen LogP contribution in [0.3, 0.4) is 0 Å². The molecule has 82 valence electrons. The molecule has 0 aliphatic heterocycles. The zero-order valence-corrected chi connectivity index (χ0v) is 8.60. The van der Waals surface area contributed by atoms with E-state index in [4.69, 9.17) is 4.42 Å². The largest absolute Gasteiger partial charge is 0.469 e. The number of ether oxygens (including phenoxy) is 1. The van der Waals surface area contributed by atoms with Crippen LogP contribution < -0.4 is 5.63 Å². The van der Waals surface area contributed by atoms with Gasteiger partial charge in [-0.25, -0.2) is 9.78 Å². The summed E-state index contributed by atoms with van der Waals surface area (Å²) in [6.07, 6.45) is -0.177. The van der Waals surface area contributed by atoms with Gasteiger partial charge in [0.25, 0.3) is 0 Å². The SMILES string of the molecule is COC(=O)Cc1nc2ccccc2oc1=O. The van der Waals surface area contributed by atoms with Crippen LogP contribution in [0.4, 0.5) is 0 Å². The van der Waals surface area contributed by atoms with Crippen LogP contribution in [-0.2, 0) is 16.0 Å². The molecule has 0 saturated heterocycles. The number of hydrogen-bond acceptors (Lipinski definition) is 5. The summed E-state index contributed by atoms with van der Waals surface area (Å²) < 4.78 is 9.47. The molecule has 0 spiro atoms. The summed E-state index contributed by atoms with van der Waals surface area (Å²) in [6.45, 7) is 0. The maximum atomic E-state index is 11.4. The highest BCUT2D eigenvalue weighted by Crippen LogP contribution is 2.08. The molecule has 0 aliphatic carbocycles. The number of aromatic nitrogens is 1. The Morgan fingerprint density at radius 1 is 1.44 bits per heavy atom. The van der Waals surface area contributed by atoms with Crippen LogP contribution >= 0.6 is 0 Å². The van der Waals surface area contributed by atoms with Crippen molar-refractivity contribution < 1.29 is 13.9 Å². The Kier molecular flexibility index (Phi) is 2.68. The molecule has 2 rings (SSSR count). The monoisotopic (exact) mass is 219 g/mol. The van der Waals surface area contributed by atoms with Gasteiger partial charge in [0.1, 0.15) is 11.2 Å². The van der Waals surface area contributed by atoms with E-state index in [1.807, 2.05) is 0 Å². The highest BCUT2D eigenvalue weighted by Gasteiger charge is 2.11. The molecule has 0 N–H and O–H groups in total. The van der Waals surface area contributed by atoms with Crippen molar-refractivity contribution in [2.75, 3.05) is 7.11 Å². The molecule has 0 amide bonds. The van der Waals surface area contributed by atoms with Gasteiger partial charge >= 0.3 is 11.6 Å². The van der Waals surface area contributed by atoms with Crippen molar-refractivity contribution in [3.63, 3.8) is 0 Å². The molecular formula is C11H9NO4. The Labute approximate surface area is 90.7 Å². The molecule has 1 aromatic heterocycles. The van der Waals surface area contributed by atoms with E-state index in [-0.39, 0.29) is 12.1 Å². The standard InChI is InChI=1S/C11H9NO4/c1-15-10(13)6-8-11(14)16-9-5-3-2-4-7(9)12-8/h2-5H,6H2,1H3. The van der Waals surface area contributed by atoms with Crippen LogP contribution in [0.25, 0.3) is 11.1 Å². The molecule has 0 atom stereocenters. The summed E-state index contributed by atoms with van der Waals surface area (Å²) in [5, 5.41) is 0. The maximum Gasteiger partial charge on any atom is 0.358 e. The van der Waals surface area contributed by atoms with Crippen molar-refractivity contribution in [2.24, 2.45) is 0 Å². The van der Waals surface area contributed by atoms with Gasteiger partial charge in [0.2, 0.25) is 0 Å². The molecule has 5 heteroatoms. The number of benzene rings is 1. The summed E-state index contributed by atoms with van der Waals surface area (Å²) in [4.78, 5) is 26.5. The van der Waals surface area contributed by atoms with Crippen molar-refractivity contribution in [1.29, 1.82) is 0 Å². The van der Waals surface area contributed by atoms with E-state index in [0.717, 1.165) is 0 Å². The second-order valence-electron chi connectivity index (χ2n) is 3.17. The van der Waals surface area contributed by atoms with Gasteiger partial charge in [0.15, 0.2) is 5.58 Å². The molecular weight excluding hydrogens is 210 g/mol. The Morgan fingerprint density at radius 3 is 2.94 bits per heavy atom. The molecule has 1 heterocycles. The van der Waals surface area contributed by atoms with Gasteiger partial charge in [-0.05, 0) is 12.1 Å². The predicted octanol–water partition coefficient (Wildman–Crippen LogP) is 0.903. The van der Waals surface area contributed by atoms with Crippen molar-refractivity contribution >= 4 is 17.1 Å². The average Bonchev–Trinajstić information content (AvgIpc) is 2.30. The Hall–Kier alpha value is -2.17. The van der Waals surface area contributed by atoms with Crippen molar-refractivity contribution in [2.45, 2.75) is 6.42 Å². The van der Waals surface area contributed by atoms with Crippen LogP contribution in [0.5, 0.6) is 0 Å². The number of rotatable bonds is 2. The van der Waals surface area contributed by atoms with E-state index in [1.54, 1.807) is 24.3 Å². The third-order valence-corrected chi connectivity index (χ3v) is 2.10. The summed E-state index contributed by atoms with van der Waals surface area (Å²) in [7, 11) is 1.25. The fourth-order valence-electron chi connectivity index (χ4n) is 1.31. The highest BCUT2D eigenvalue weighted by atomic mass is 16.5. The molecule has 0 fully saturated rings. The fourth-order valence-corrected chi connectivity index (χ4v) is 1.31. The van der Waals surface area contributed by atoms with E-state index in [9.17, 15) is 9.59 Å². The number of hydrogen-bond donors (Lipinski definition) is 0. The second kappa shape index (κ2) is 4.14. The first kappa shape index (κ1) is 10.4. The minimum absolute atomic E-state index is 0.0607. The number of esters is 1. The Bertz CT molecular complexity index is 588. The second-order valence-corrected chi connectivity index (χ2v) is 3.17. The van der Waals surface area contributed by atoms with Crippen molar-refractivity contribution in [3.8, 4) is 0 Å². The molecule has 0 saturated carbocycles. The smallest absolute Gasteiger partial charge is 0.358 e. The molecule has 0 radical (unpaired) electrons. The van der Waals surface area contributed by atoms with Gasteiger partial charge in [-0.3, -0.25) is 4.79 Å². The number of fused-ring (bicyclic) bond motifs is 1. The van der Waals surface area contributed by atoms with Gasteiger partial charge in [-0.2, -0.15) is 0 Å². The summed E-state index contributed by atoms with van der Waals surface area (Å²) in [5.74, 6) is -0.518. The van der Waals surface area contributed by atoms with Gasteiger partial charge < -0.3 is 9.15 Å². The maximum absolute atomic E-state index is 11.4. The summed E-state index contributed by atoms with van der Waals surface area (Å²) in [6, 6.07) is 6.87. The zero-order valence-electron chi connectivity index (χ0n) is 8.60. The predicted molar refractivity (Wildman–Crippen MR) is 56.0 cm³/mol. The third kappa shape index (κ3) is 1.93. The lowest BCUT2D eigenvalue weighted by Crippen LogP contribution is -2.16. The quantitative estimate of drug-likeness (QED) is 0.702. The number of methoxy groups -OCH3 is 1. The van der Waals surface area contributed by atoms with Crippen LogP contribution in [0, 0.1) is 0 Å². The average molecular weight is 219 g/mol. The van der Waals surface area contributed by atoms with Gasteiger partial charge in [-0.15, -0.1) is 0 Å². The van der Waals surface area contributed by atoms with Crippen LogP contribution in [0.15, 0.2) is 33.5 Å². The highest BCUT2D eigenvalue weighted by molar-refractivity contribution is 5.74. The zero-order chi connectivity index (χ0) is 11.5. The number of carbonyl (C=O) groups excluding carboxylic acids is 1. The first-order chi connectivity index (χ1) is 7.70.